The van der Waals surface area contributed by atoms with Crippen LogP contribution in [0.3, 0.4) is 0 Å². The zero-order chi connectivity index (χ0) is 9.90. The molecule has 0 radical (unpaired) electrons. The quantitative estimate of drug-likeness (QED) is 0.522. The SMILES string of the molecule is C1=C\C/C=C/C=C/CCCCC/C=C/1. The van der Waals surface area contributed by atoms with E-state index < -0.39 is 0 Å². The molecule has 0 bridgehead atoms. The van der Waals surface area contributed by atoms with Gasteiger partial charge in [-0.25, -0.2) is 0 Å². The summed E-state index contributed by atoms with van der Waals surface area (Å²) in [6.07, 6.45) is 25.0. The second kappa shape index (κ2) is 8.55. The van der Waals surface area contributed by atoms with Gasteiger partial charge in [-0.15, -0.1) is 0 Å². The van der Waals surface area contributed by atoms with Crippen molar-refractivity contribution >= 4 is 0 Å². The third kappa shape index (κ3) is 6.47. The first-order valence-electron chi connectivity index (χ1n) is 5.63. The minimum absolute atomic E-state index is 1.04. The van der Waals surface area contributed by atoms with Crippen LogP contribution >= 0.6 is 0 Å². The van der Waals surface area contributed by atoms with Crippen LogP contribution in [-0.2, 0) is 0 Å². The lowest BCUT2D eigenvalue weighted by Gasteiger charge is -1.94. The molecule has 1 aliphatic carbocycles. The van der Waals surface area contributed by atoms with Crippen molar-refractivity contribution in [2.75, 3.05) is 0 Å². The van der Waals surface area contributed by atoms with E-state index in [1.54, 1.807) is 0 Å². The molecule has 0 aromatic carbocycles. The van der Waals surface area contributed by atoms with E-state index in [-0.39, 0.29) is 0 Å². The molecule has 14 heavy (non-hydrogen) atoms. The van der Waals surface area contributed by atoms with Gasteiger partial charge in [0.15, 0.2) is 0 Å². The lowest BCUT2D eigenvalue weighted by Crippen LogP contribution is -1.74. The molecule has 0 atom stereocenters. The van der Waals surface area contributed by atoms with Gasteiger partial charge in [-0.05, 0) is 32.1 Å². The molecular weight excluding hydrogens is 168 g/mol. The molecule has 0 aromatic heterocycles. The smallest absolute Gasteiger partial charge is 0.0163 e. The van der Waals surface area contributed by atoms with E-state index in [2.05, 4.69) is 48.6 Å². The number of hydrogen-bond donors (Lipinski definition) is 0. The van der Waals surface area contributed by atoms with Gasteiger partial charge in [0.25, 0.3) is 0 Å². The summed E-state index contributed by atoms with van der Waals surface area (Å²) in [5, 5.41) is 0. The van der Waals surface area contributed by atoms with Crippen LogP contribution in [0.1, 0.15) is 38.5 Å². The predicted octanol–water partition coefficient (Wildman–Crippen LogP) is 4.57. The molecule has 0 saturated heterocycles. The van der Waals surface area contributed by atoms with E-state index in [1.165, 1.54) is 32.1 Å². The average Bonchev–Trinajstić information content (AvgIpc) is 2.22. The highest BCUT2D eigenvalue weighted by Crippen LogP contribution is 2.05. The molecule has 0 nitrogen and oxygen atoms in total. The van der Waals surface area contributed by atoms with Crippen molar-refractivity contribution in [1.29, 1.82) is 0 Å². The van der Waals surface area contributed by atoms with Gasteiger partial charge in [0.1, 0.15) is 0 Å². The second-order valence-electron chi connectivity index (χ2n) is 3.59. The van der Waals surface area contributed by atoms with Gasteiger partial charge < -0.3 is 0 Å². The first-order valence-corrected chi connectivity index (χ1v) is 5.63. The van der Waals surface area contributed by atoms with E-state index >= 15 is 0 Å². The maximum atomic E-state index is 2.27. The highest BCUT2D eigenvalue weighted by Gasteiger charge is 1.85. The fourth-order valence-corrected chi connectivity index (χ4v) is 1.44. The van der Waals surface area contributed by atoms with Crippen LogP contribution in [0.5, 0.6) is 0 Å². The van der Waals surface area contributed by atoms with E-state index in [9.17, 15) is 0 Å². The Kier molecular flexibility index (Phi) is 6.74. The maximum absolute atomic E-state index is 2.27. The van der Waals surface area contributed by atoms with Crippen LogP contribution in [0.4, 0.5) is 0 Å². The fourth-order valence-electron chi connectivity index (χ4n) is 1.44. The van der Waals surface area contributed by atoms with Crippen molar-refractivity contribution in [3.05, 3.63) is 48.6 Å². The Morgan fingerprint density at radius 1 is 0.500 bits per heavy atom. The molecule has 0 fully saturated rings. The van der Waals surface area contributed by atoms with Crippen LogP contribution in [0.15, 0.2) is 48.6 Å². The Morgan fingerprint density at radius 2 is 1.00 bits per heavy atom. The molecule has 0 N–H and O–H groups in total. The lowest BCUT2D eigenvalue weighted by atomic mass is 10.1. The standard InChI is InChI=1S/C14H20/c1-2-4-6-8-10-12-14-13-11-9-7-5-3-1/h1-4,7,9,11,13H,5-6,8,10,12,14H2/b3-1-,4-2+,9-7+,13-11+. The summed E-state index contributed by atoms with van der Waals surface area (Å²) < 4.78 is 0. The molecule has 0 heteroatoms. The molecule has 0 amide bonds. The molecule has 0 saturated carbocycles. The Balaban J connectivity index is 2.35. The normalized spacial score (nSPS) is 28.6. The van der Waals surface area contributed by atoms with Gasteiger partial charge in [-0.3, -0.25) is 0 Å². The number of allylic oxidation sites excluding steroid dienone is 8. The van der Waals surface area contributed by atoms with Crippen molar-refractivity contribution < 1.29 is 0 Å². The minimum atomic E-state index is 1.04. The van der Waals surface area contributed by atoms with Gasteiger partial charge in [-0.2, -0.15) is 0 Å². The van der Waals surface area contributed by atoms with Crippen molar-refractivity contribution in [3.8, 4) is 0 Å². The molecule has 0 unspecified atom stereocenters. The molecule has 0 heterocycles. The first-order chi connectivity index (χ1) is 7.00. The van der Waals surface area contributed by atoms with Crippen LogP contribution in [0.25, 0.3) is 0 Å². The Hall–Kier alpha value is -1.04. The first kappa shape index (κ1) is 11.0. The maximum Gasteiger partial charge on any atom is -0.0163 e. The Morgan fingerprint density at radius 3 is 1.57 bits per heavy atom. The lowest BCUT2D eigenvalue weighted by molar-refractivity contribution is 0.696. The number of hydrogen-bond acceptors (Lipinski definition) is 0. The van der Waals surface area contributed by atoms with E-state index in [4.69, 9.17) is 0 Å². The van der Waals surface area contributed by atoms with E-state index in [1.807, 2.05) is 0 Å². The third-order valence-electron chi connectivity index (χ3n) is 2.28. The zero-order valence-electron chi connectivity index (χ0n) is 8.86. The highest BCUT2D eigenvalue weighted by atomic mass is 13.9. The van der Waals surface area contributed by atoms with Gasteiger partial charge in [-0.1, -0.05) is 55.0 Å². The van der Waals surface area contributed by atoms with Crippen molar-refractivity contribution in [2.24, 2.45) is 0 Å². The summed E-state index contributed by atoms with van der Waals surface area (Å²) >= 11 is 0. The van der Waals surface area contributed by atoms with Gasteiger partial charge in [0.2, 0.25) is 0 Å². The summed E-state index contributed by atoms with van der Waals surface area (Å²) in [7, 11) is 0. The van der Waals surface area contributed by atoms with Crippen molar-refractivity contribution in [3.63, 3.8) is 0 Å². The fraction of sp³-hybridized carbons (Fsp3) is 0.429. The zero-order valence-corrected chi connectivity index (χ0v) is 8.86. The molecule has 76 valence electrons. The summed E-state index contributed by atoms with van der Waals surface area (Å²) in [5.74, 6) is 0. The van der Waals surface area contributed by atoms with Gasteiger partial charge >= 0.3 is 0 Å². The predicted molar refractivity (Wildman–Crippen MR) is 64.3 cm³/mol. The van der Waals surface area contributed by atoms with Crippen LogP contribution < -0.4 is 0 Å². The van der Waals surface area contributed by atoms with Crippen LogP contribution in [0, 0.1) is 0 Å². The summed E-state index contributed by atoms with van der Waals surface area (Å²) in [6, 6.07) is 0. The number of rotatable bonds is 0. The third-order valence-corrected chi connectivity index (χ3v) is 2.28. The summed E-state index contributed by atoms with van der Waals surface area (Å²) in [6.45, 7) is 0. The van der Waals surface area contributed by atoms with Crippen LogP contribution in [-0.4, -0.2) is 0 Å². The molecular formula is C14H20. The van der Waals surface area contributed by atoms with Gasteiger partial charge in [0, 0.05) is 0 Å². The van der Waals surface area contributed by atoms with Crippen molar-refractivity contribution in [2.45, 2.75) is 38.5 Å². The molecule has 1 rings (SSSR count). The second-order valence-corrected chi connectivity index (χ2v) is 3.59. The molecule has 0 aromatic rings. The summed E-state index contributed by atoms with van der Waals surface area (Å²) in [4.78, 5) is 0. The Labute approximate surface area is 87.7 Å². The minimum Gasteiger partial charge on any atom is -0.0845 e. The molecule has 1 aliphatic rings. The monoisotopic (exact) mass is 188 g/mol. The molecule has 0 aliphatic heterocycles. The van der Waals surface area contributed by atoms with E-state index in [0.717, 1.165) is 6.42 Å². The summed E-state index contributed by atoms with van der Waals surface area (Å²) in [5.41, 5.74) is 0. The van der Waals surface area contributed by atoms with Crippen molar-refractivity contribution in [1.82, 2.24) is 0 Å². The van der Waals surface area contributed by atoms with Crippen LogP contribution in [0.2, 0.25) is 0 Å². The largest absolute Gasteiger partial charge is 0.0845 e. The Bertz CT molecular complexity index is 204. The highest BCUT2D eigenvalue weighted by molar-refractivity contribution is 5.08. The average molecular weight is 188 g/mol. The van der Waals surface area contributed by atoms with E-state index in [0.29, 0.717) is 0 Å². The molecule has 0 spiro atoms. The topological polar surface area (TPSA) is 0 Å². The van der Waals surface area contributed by atoms with Gasteiger partial charge in [0.05, 0.1) is 0 Å².